The molecular formula is C19H29FN4O2. The second kappa shape index (κ2) is 10.2. The number of piperazine rings is 1. The van der Waals surface area contributed by atoms with E-state index in [1.54, 1.807) is 18.2 Å². The summed E-state index contributed by atoms with van der Waals surface area (Å²) in [5.74, 6) is -0.367. The van der Waals surface area contributed by atoms with E-state index in [4.69, 9.17) is 0 Å². The minimum absolute atomic E-state index is 0.0518. The molecule has 0 aliphatic carbocycles. The summed E-state index contributed by atoms with van der Waals surface area (Å²) in [5, 5.41) is 5.68. The van der Waals surface area contributed by atoms with Crippen LogP contribution in [0.3, 0.4) is 0 Å². The second-order valence-corrected chi connectivity index (χ2v) is 6.65. The molecule has 26 heavy (non-hydrogen) atoms. The van der Waals surface area contributed by atoms with E-state index in [2.05, 4.69) is 20.4 Å². The first kappa shape index (κ1) is 20.3. The van der Waals surface area contributed by atoms with Crippen LogP contribution in [0.25, 0.3) is 0 Å². The first-order chi connectivity index (χ1) is 12.5. The van der Waals surface area contributed by atoms with Gasteiger partial charge in [0.2, 0.25) is 11.8 Å². The third-order valence-corrected chi connectivity index (χ3v) is 4.68. The van der Waals surface area contributed by atoms with Gasteiger partial charge in [-0.25, -0.2) is 4.39 Å². The molecule has 2 N–H and O–H groups in total. The standard InChI is InChI=1S/C19H29FN4O2/c1-3-8-21-18(25)14-23-9-11-24(12-10-23)15(2)19(26)22-13-16-6-4-5-7-17(16)20/h4-7,15H,3,8-14H2,1-2H3,(H,21,25)(H,22,26). The number of rotatable bonds is 8. The van der Waals surface area contributed by atoms with E-state index >= 15 is 0 Å². The van der Waals surface area contributed by atoms with Crippen LogP contribution in [0.5, 0.6) is 0 Å². The Labute approximate surface area is 154 Å². The first-order valence-electron chi connectivity index (χ1n) is 9.25. The van der Waals surface area contributed by atoms with E-state index in [0.29, 0.717) is 18.7 Å². The Balaban J connectivity index is 1.73. The fourth-order valence-electron chi connectivity index (χ4n) is 2.97. The molecule has 1 fully saturated rings. The molecule has 0 spiro atoms. The maximum Gasteiger partial charge on any atom is 0.237 e. The van der Waals surface area contributed by atoms with E-state index in [-0.39, 0.29) is 30.2 Å². The van der Waals surface area contributed by atoms with Crippen molar-refractivity contribution in [1.82, 2.24) is 20.4 Å². The Bertz CT molecular complexity index is 603. The normalized spacial score (nSPS) is 16.9. The molecule has 7 heteroatoms. The molecule has 1 aliphatic heterocycles. The molecule has 6 nitrogen and oxygen atoms in total. The Morgan fingerprint density at radius 1 is 1.15 bits per heavy atom. The molecule has 1 heterocycles. The van der Waals surface area contributed by atoms with E-state index in [1.165, 1.54) is 6.07 Å². The van der Waals surface area contributed by atoms with Gasteiger partial charge in [0, 0.05) is 44.8 Å². The van der Waals surface area contributed by atoms with Crippen molar-refractivity contribution in [3.05, 3.63) is 35.6 Å². The lowest BCUT2D eigenvalue weighted by molar-refractivity contribution is -0.128. The summed E-state index contributed by atoms with van der Waals surface area (Å²) in [6.07, 6.45) is 0.930. The van der Waals surface area contributed by atoms with Crippen molar-refractivity contribution >= 4 is 11.8 Å². The van der Waals surface area contributed by atoms with Crippen molar-refractivity contribution in [2.75, 3.05) is 39.3 Å². The van der Waals surface area contributed by atoms with Crippen molar-refractivity contribution in [3.8, 4) is 0 Å². The lowest BCUT2D eigenvalue weighted by Crippen LogP contribution is -2.55. The molecule has 2 rings (SSSR count). The number of nitrogens with one attached hydrogen (secondary N) is 2. The maximum absolute atomic E-state index is 13.6. The lowest BCUT2D eigenvalue weighted by Gasteiger charge is -2.37. The van der Waals surface area contributed by atoms with Crippen LogP contribution in [0.1, 0.15) is 25.8 Å². The summed E-state index contributed by atoms with van der Waals surface area (Å²) in [5.41, 5.74) is 0.482. The van der Waals surface area contributed by atoms with Gasteiger partial charge < -0.3 is 10.6 Å². The zero-order chi connectivity index (χ0) is 18.9. The van der Waals surface area contributed by atoms with Crippen molar-refractivity contribution in [3.63, 3.8) is 0 Å². The highest BCUT2D eigenvalue weighted by atomic mass is 19.1. The SMILES string of the molecule is CCCNC(=O)CN1CCN(C(C)C(=O)NCc2ccccc2F)CC1. The third kappa shape index (κ3) is 6.07. The topological polar surface area (TPSA) is 64.7 Å². The van der Waals surface area contributed by atoms with Crippen LogP contribution in [0.4, 0.5) is 4.39 Å². The molecule has 0 radical (unpaired) electrons. The summed E-state index contributed by atoms with van der Waals surface area (Å²) >= 11 is 0. The molecule has 144 valence electrons. The molecule has 1 saturated heterocycles. The van der Waals surface area contributed by atoms with E-state index in [0.717, 1.165) is 32.6 Å². The van der Waals surface area contributed by atoms with Gasteiger partial charge in [-0.1, -0.05) is 25.1 Å². The highest BCUT2D eigenvalue weighted by molar-refractivity contribution is 5.81. The number of hydrogen-bond donors (Lipinski definition) is 2. The smallest absolute Gasteiger partial charge is 0.237 e. The number of amides is 2. The number of benzene rings is 1. The highest BCUT2D eigenvalue weighted by Gasteiger charge is 2.26. The molecule has 1 unspecified atom stereocenters. The van der Waals surface area contributed by atoms with Gasteiger partial charge in [-0.3, -0.25) is 19.4 Å². The van der Waals surface area contributed by atoms with Crippen LogP contribution in [-0.4, -0.2) is 66.9 Å². The van der Waals surface area contributed by atoms with Crippen LogP contribution >= 0.6 is 0 Å². The Morgan fingerprint density at radius 3 is 2.50 bits per heavy atom. The van der Waals surface area contributed by atoms with Crippen LogP contribution in [0.2, 0.25) is 0 Å². The predicted molar refractivity (Wildman–Crippen MR) is 99.0 cm³/mol. The molecule has 1 aliphatic rings. The van der Waals surface area contributed by atoms with Crippen molar-refractivity contribution in [2.45, 2.75) is 32.9 Å². The predicted octanol–water partition coefficient (Wildman–Crippen LogP) is 0.974. The van der Waals surface area contributed by atoms with Crippen molar-refractivity contribution < 1.29 is 14.0 Å². The number of nitrogens with zero attached hydrogens (tertiary/aromatic N) is 2. The van der Waals surface area contributed by atoms with Gasteiger partial charge in [0.15, 0.2) is 0 Å². The quantitative estimate of drug-likeness (QED) is 0.722. The minimum Gasteiger partial charge on any atom is -0.355 e. The summed E-state index contributed by atoms with van der Waals surface area (Å²) in [6.45, 7) is 8.16. The Hall–Kier alpha value is -1.99. The molecule has 1 atom stereocenters. The van der Waals surface area contributed by atoms with Crippen molar-refractivity contribution in [1.29, 1.82) is 0 Å². The van der Waals surface area contributed by atoms with Crippen molar-refractivity contribution in [2.24, 2.45) is 0 Å². The fraction of sp³-hybridized carbons (Fsp3) is 0.579. The first-order valence-corrected chi connectivity index (χ1v) is 9.25. The van der Waals surface area contributed by atoms with Gasteiger partial charge in [-0.2, -0.15) is 0 Å². The Kier molecular flexibility index (Phi) is 8.00. The van der Waals surface area contributed by atoms with Crippen LogP contribution in [0.15, 0.2) is 24.3 Å². The molecule has 0 saturated carbocycles. The zero-order valence-electron chi connectivity index (χ0n) is 15.6. The van der Waals surface area contributed by atoms with Gasteiger partial charge in [0.25, 0.3) is 0 Å². The van der Waals surface area contributed by atoms with E-state index in [9.17, 15) is 14.0 Å². The van der Waals surface area contributed by atoms with Gasteiger partial charge >= 0.3 is 0 Å². The molecule has 0 bridgehead atoms. The summed E-state index contributed by atoms with van der Waals surface area (Å²) in [6, 6.07) is 6.16. The maximum atomic E-state index is 13.6. The summed E-state index contributed by atoms with van der Waals surface area (Å²) < 4.78 is 13.6. The van der Waals surface area contributed by atoms with Crippen LogP contribution in [-0.2, 0) is 16.1 Å². The molecule has 2 amide bonds. The van der Waals surface area contributed by atoms with Crippen LogP contribution in [0, 0.1) is 5.82 Å². The monoisotopic (exact) mass is 364 g/mol. The number of carbonyl (C=O) groups is 2. The fourth-order valence-corrected chi connectivity index (χ4v) is 2.97. The van der Waals surface area contributed by atoms with E-state index in [1.807, 2.05) is 13.8 Å². The average molecular weight is 364 g/mol. The van der Waals surface area contributed by atoms with Gasteiger partial charge in [0.05, 0.1) is 12.6 Å². The molecule has 0 aromatic heterocycles. The zero-order valence-corrected chi connectivity index (χ0v) is 15.6. The van der Waals surface area contributed by atoms with E-state index < -0.39 is 0 Å². The molecular weight excluding hydrogens is 335 g/mol. The largest absolute Gasteiger partial charge is 0.355 e. The second-order valence-electron chi connectivity index (χ2n) is 6.65. The number of halogens is 1. The summed E-state index contributed by atoms with van der Waals surface area (Å²) in [4.78, 5) is 28.3. The van der Waals surface area contributed by atoms with Gasteiger partial charge in [0.1, 0.15) is 5.82 Å². The van der Waals surface area contributed by atoms with Gasteiger partial charge in [-0.05, 0) is 19.4 Å². The number of carbonyl (C=O) groups excluding carboxylic acids is 2. The average Bonchev–Trinajstić information content (AvgIpc) is 2.65. The lowest BCUT2D eigenvalue weighted by atomic mass is 10.2. The Morgan fingerprint density at radius 2 is 1.85 bits per heavy atom. The molecule has 1 aromatic rings. The van der Waals surface area contributed by atoms with Gasteiger partial charge in [-0.15, -0.1) is 0 Å². The highest BCUT2D eigenvalue weighted by Crippen LogP contribution is 2.08. The molecule has 1 aromatic carbocycles. The third-order valence-electron chi connectivity index (χ3n) is 4.68. The minimum atomic E-state index is -0.310. The van der Waals surface area contributed by atoms with Crippen LogP contribution < -0.4 is 10.6 Å². The number of hydrogen-bond acceptors (Lipinski definition) is 4. The summed E-state index contributed by atoms with van der Waals surface area (Å²) in [7, 11) is 0.